The van der Waals surface area contributed by atoms with Gasteiger partial charge in [-0.1, -0.05) is 63.3 Å². The lowest BCUT2D eigenvalue weighted by atomic mass is 10.1. The van der Waals surface area contributed by atoms with E-state index in [0.717, 1.165) is 19.3 Å². The second-order valence-corrected chi connectivity index (χ2v) is 6.23. The average molecular weight is 321 g/mol. The van der Waals surface area contributed by atoms with Crippen molar-refractivity contribution in [2.45, 2.75) is 90.9 Å². The molecule has 0 heterocycles. The SMILES string of the molecule is CCCCC/C=C\C/C=C\CCCCCCC/C(O)=C/C(C)=O. The van der Waals surface area contributed by atoms with Gasteiger partial charge in [0.15, 0.2) is 5.78 Å². The summed E-state index contributed by atoms with van der Waals surface area (Å²) >= 11 is 0. The number of aliphatic hydroxyl groups is 1. The zero-order valence-electron chi connectivity index (χ0n) is 15.2. The summed E-state index contributed by atoms with van der Waals surface area (Å²) in [5.74, 6) is 0.147. The molecule has 0 aromatic rings. The second kappa shape index (κ2) is 17.1. The van der Waals surface area contributed by atoms with Crippen LogP contribution >= 0.6 is 0 Å². The van der Waals surface area contributed by atoms with E-state index in [-0.39, 0.29) is 11.5 Å². The molecule has 0 aromatic carbocycles. The van der Waals surface area contributed by atoms with Crippen LogP contribution in [0.15, 0.2) is 36.1 Å². The molecule has 0 saturated carbocycles. The van der Waals surface area contributed by atoms with Crippen LogP contribution in [0.2, 0.25) is 0 Å². The monoisotopic (exact) mass is 320 g/mol. The summed E-state index contributed by atoms with van der Waals surface area (Å²) in [6.45, 7) is 3.70. The van der Waals surface area contributed by atoms with Crippen molar-refractivity contribution >= 4 is 5.78 Å². The predicted molar refractivity (Wildman–Crippen MR) is 101 cm³/mol. The fourth-order valence-corrected chi connectivity index (χ4v) is 2.42. The molecule has 0 bridgehead atoms. The molecule has 0 rings (SSSR count). The number of aliphatic hydroxyl groups excluding tert-OH is 1. The number of ketones is 1. The van der Waals surface area contributed by atoms with Gasteiger partial charge in [0.25, 0.3) is 0 Å². The first-order chi connectivity index (χ1) is 11.2. The van der Waals surface area contributed by atoms with Gasteiger partial charge in [0, 0.05) is 12.5 Å². The summed E-state index contributed by atoms with van der Waals surface area (Å²) in [5.41, 5.74) is 0. The summed E-state index contributed by atoms with van der Waals surface area (Å²) < 4.78 is 0. The molecule has 0 aliphatic rings. The second-order valence-electron chi connectivity index (χ2n) is 6.23. The van der Waals surface area contributed by atoms with Gasteiger partial charge in [-0.3, -0.25) is 4.79 Å². The van der Waals surface area contributed by atoms with Crippen LogP contribution in [-0.4, -0.2) is 10.9 Å². The molecule has 0 amide bonds. The van der Waals surface area contributed by atoms with E-state index in [9.17, 15) is 9.90 Å². The van der Waals surface area contributed by atoms with Crippen LogP contribution in [0.4, 0.5) is 0 Å². The third-order valence-electron chi connectivity index (χ3n) is 3.75. The molecular formula is C21H36O2. The lowest BCUT2D eigenvalue weighted by molar-refractivity contribution is -0.112. The van der Waals surface area contributed by atoms with Gasteiger partial charge in [0.05, 0.1) is 5.76 Å². The summed E-state index contributed by atoms with van der Waals surface area (Å²) in [6.07, 6.45) is 24.3. The predicted octanol–water partition coefficient (Wildman–Crippen LogP) is 6.83. The van der Waals surface area contributed by atoms with Crippen LogP contribution in [0.1, 0.15) is 90.9 Å². The quantitative estimate of drug-likeness (QED) is 0.155. The Kier molecular flexibility index (Phi) is 16.1. The lowest BCUT2D eigenvalue weighted by Gasteiger charge is -2.00. The molecule has 0 aliphatic carbocycles. The van der Waals surface area contributed by atoms with Crippen LogP contribution in [0.5, 0.6) is 0 Å². The highest BCUT2D eigenvalue weighted by Crippen LogP contribution is 2.10. The maximum atomic E-state index is 10.8. The van der Waals surface area contributed by atoms with Gasteiger partial charge < -0.3 is 5.11 Å². The molecule has 0 saturated heterocycles. The molecule has 2 heteroatoms. The van der Waals surface area contributed by atoms with Gasteiger partial charge in [-0.15, -0.1) is 0 Å². The number of unbranched alkanes of at least 4 members (excludes halogenated alkanes) is 8. The number of hydrogen-bond acceptors (Lipinski definition) is 2. The number of hydrogen-bond donors (Lipinski definition) is 1. The standard InChI is InChI=1S/C21H36O2/c1-3-4-5-6-7-8-9-10-11-12-13-14-15-16-17-18-21(23)19-20(2)22/h7-8,10-11,19,23H,3-6,9,12-18H2,1-2H3/b8-7-,11-10-,21-19-. The maximum Gasteiger partial charge on any atom is 0.155 e. The Hall–Kier alpha value is -1.31. The first-order valence-corrected chi connectivity index (χ1v) is 9.37. The van der Waals surface area contributed by atoms with Crippen LogP contribution in [0.3, 0.4) is 0 Å². The molecule has 132 valence electrons. The van der Waals surface area contributed by atoms with Crippen molar-refractivity contribution in [3.63, 3.8) is 0 Å². The van der Waals surface area contributed by atoms with Crippen LogP contribution in [0.25, 0.3) is 0 Å². The number of allylic oxidation sites excluding steroid dienone is 6. The molecule has 0 unspecified atom stereocenters. The highest BCUT2D eigenvalue weighted by atomic mass is 16.3. The Morgan fingerprint density at radius 1 is 0.826 bits per heavy atom. The lowest BCUT2D eigenvalue weighted by Crippen LogP contribution is -1.89. The van der Waals surface area contributed by atoms with Crippen molar-refractivity contribution < 1.29 is 9.90 Å². The van der Waals surface area contributed by atoms with Gasteiger partial charge >= 0.3 is 0 Å². The zero-order valence-corrected chi connectivity index (χ0v) is 15.2. The minimum atomic E-state index is -0.0786. The molecule has 0 radical (unpaired) electrons. The number of carbonyl (C=O) groups is 1. The largest absolute Gasteiger partial charge is 0.512 e. The topological polar surface area (TPSA) is 37.3 Å². The Morgan fingerprint density at radius 2 is 1.39 bits per heavy atom. The number of carbonyl (C=O) groups excluding carboxylic acids is 1. The molecule has 23 heavy (non-hydrogen) atoms. The molecule has 0 aromatic heterocycles. The van der Waals surface area contributed by atoms with Gasteiger partial charge in [-0.05, 0) is 45.4 Å². The van der Waals surface area contributed by atoms with E-state index in [1.54, 1.807) is 0 Å². The van der Waals surface area contributed by atoms with E-state index in [0.29, 0.717) is 6.42 Å². The first-order valence-electron chi connectivity index (χ1n) is 9.37. The third kappa shape index (κ3) is 18.6. The van der Waals surface area contributed by atoms with Crippen LogP contribution < -0.4 is 0 Å². The number of rotatable bonds is 15. The summed E-state index contributed by atoms with van der Waals surface area (Å²) in [6, 6.07) is 0. The van der Waals surface area contributed by atoms with Crippen molar-refractivity contribution in [1.29, 1.82) is 0 Å². The summed E-state index contributed by atoms with van der Waals surface area (Å²) in [7, 11) is 0. The van der Waals surface area contributed by atoms with E-state index in [2.05, 4.69) is 31.2 Å². The van der Waals surface area contributed by atoms with E-state index in [1.807, 2.05) is 0 Å². The van der Waals surface area contributed by atoms with Gasteiger partial charge in [0.1, 0.15) is 0 Å². The first kappa shape index (κ1) is 21.7. The van der Waals surface area contributed by atoms with Crippen molar-refractivity contribution in [1.82, 2.24) is 0 Å². The van der Waals surface area contributed by atoms with Gasteiger partial charge in [-0.25, -0.2) is 0 Å². The summed E-state index contributed by atoms with van der Waals surface area (Å²) in [4.78, 5) is 10.8. The molecule has 0 atom stereocenters. The van der Waals surface area contributed by atoms with Crippen LogP contribution in [0, 0.1) is 0 Å². The highest BCUT2D eigenvalue weighted by Gasteiger charge is 1.96. The zero-order chi connectivity index (χ0) is 17.2. The minimum absolute atomic E-state index is 0.0786. The van der Waals surface area contributed by atoms with E-state index >= 15 is 0 Å². The summed E-state index contributed by atoms with van der Waals surface area (Å²) in [5, 5.41) is 9.45. The van der Waals surface area contributed by atoms with Crippen molar-refractivity contribution in [3.8, 4) is 0 Å². The van der Waals surface area contributed by atoms with Crippen molar-refractivity contribution in [3.05, 3.63) is 36.1 Å². The van der Waals surface area contributed by atoms with E-state index < -0.39 is 0 Å². The maximum absolute atomic E-state index is 10.8. The average Bonchev–Trinajstić information content (AvgIpc) is 2.50. The van der Waals surface area contributed by atoms with Gasteiger partial charge in [-0.2, -0.15) is 0 Å². The van der Waals surface area contributed by atoms with Crippen molar-refractivity contribution in [2.75, 3.05) is 0 Å². The fraction of sp³-hybridized carbons (Fsp3) is 0.667. The van der Waals surface area contributed by atoms with E-state index in [4.69, 9.17) is 0 Å². The molecule has 0 aliphatic heterocycles. The van der Waals surface area contributed by atoms with Crippen molar-refractivity contribution in [2.24, 2.45) is 0 Å². The molecular weight excluding hydrogens is 284 g/mol. The molecule has 0 spiro atoms. The highest BCUT2D eigenvalue weighted by molar-refractivity contribution is 5.87. The smallest absolute Gasteiger partial charge is 0.155 e. The normalized spacial score (nSPS) is 12.5. The minimum Gasteiger partial charge on any atom is -0.512 e. The van der Waals surface area contributed by atoms with E-state index in [1.165, 1.54) is 64.4 Å². The third-order valence-corrected chi connectivity index (χ3v) is 3.75. The Morgan fingerprint density at radius 3 is 2.00 bits per heavy atom. The van der Waals surface area contributed by atoms with Crippen LogP contribution in [-0.2, 0) is 4.79 Å². The fourth-order valence-electron chi connectivity index (χ4n) is 2.42. The molecule has 0 fully saturated rings. The molecule has 2 nitrogen and oxygen atoms in total. The Bertz CT molecular complexity index is 364. The molecule has 1 N–H and O–H groups in total. The Balaban J connectivity index is 3.32. The van der Waals surface area contributed by atoms with Gasteiger partial charge in [0.2, 0.25) is 0 Å². The Labute approximate surface area is 143 Å².